The highest BCUT2D eigenvalue weighted by Crippen LogP contribution is 2.23. The van der Waals surface area contributed by atoms with Gasteiger partial charge < -0.3 is 5.32 Å². The molecule has 3 nitrogen and oxygen atoms in total. The fourth-order valence-electron chi connectivity index (χ4n) is 2.62. The van der Waals surface area contributed by atoms with Gasteiger partial charge in [-0.2, -0.15) is 5.10 Å². The van der Waals surface area contributed by atoms with Gasteiger partial charge in [0.15, 0.2) is 0 Å². The van der Waals surface area contributed by atoms with Crippen LogP contribution >= 0.6 is 0 Å². The molecule has 1 aliphatic carbocycles. The van der Waals surface area contributed by atoms with Crippen molar-refractivity contribution in [3.8, 4) is 0 Å². The van der Waals surface area contributed by atoms with Gasteiger partial charge in [0.2, 0.25) is 0 Å². The quantitative estimate of drug-likeness (QED) is 0.844. The van der Waals surface area contributed by atoms with Crippen LogP contribution < -0.4 is 5.32 Å². The highest BCUT2D eigenvalue weighted by molar-refractivity contribution is 5.04. The number of aromatic nitrogens is 2. The van der Waals surface area contributed by atoms with Gasteiger partial charge in [-0.25, -0.2) is 0 Å². The van der Waals surface area contributed by atoms with E-state index in [0.717, 1.165) is 24.9 Å². The summed E-state index contributed by atoms with van der Waals surface area (Å²) in [6.45, 7) is 3.46. The molecule has 3 heteroatoms. The largest absolute Gasteiger partial charge is 0.313 e. The Labute approximate surface area is 98.2 Å². The van der Waals surface area contributed by atoms with Crippen molar-refractivity contribution in [2.75, 3.05) is 6.54 Å². The zero-order valence-corrected chi connectivity index (χ0v) is 10.4. The van der Waals surface area contributed by atoms with Crippen molar-refractivity contribution in [3.63, 3.8) is 0 Å². The van der Waals surface area contributed by atoms with E-state index in [2.05, 4.69) is 23.5 Å². The fraction of sp³-hybridized carbons (Fsp3) is 0.769. The number of nitrogens with zero attached hydrogens (tertiary/aromatic N) is 2. The third kappa shape index (κ3) is 3.08. The topological polar surface area (TPSA) is 29.9 Å². The number of rotatable bonds is 4. The van der Waals surface area contributed by atoms with Crippen LogP contribution in [0.4, 0.5) is 0 Å². The third-order valence-corrected chi connectivity index (χ3v) is 3.69. The molecule has 2 rings (SSSR count). The normalized spacial score (nSPS) is 25.9. The lowest BCUT2D eigenvalue weighted by atomic mass is 9.86. The Kier molecular flexibility index (Phi) is 3.99. The molecule has 2 unspecified atom stereocenters. The van der Waals surface area contributed by atoms with Gasteiger partial charge in [-0.3, -0.25) is 4.68 Å². The standard InChI is InChI=1S/C13H23N3/c1-11-5-3-4-6-13(11)14-8-7-12-9-15-16(2)10-12/h9-11,13-14H,3-8H2,1-2H3. The molecule has 0 saturated heterocycles. The first-order valence-electron chi connectivity index (χ1n) is 6.46. The summed E-state index contributed by atoms with van der Waals surface area (Å²) in [5.41, 5.74) is 1.33. The summed E-state index contributed by atoms with van der Waals surface area (Å²) in [7, 11) is 1.97. The second kappa shape index (κ2) is 5.48. The number of nitrogens with one attached hydrogen (secondary N) is 1. The van der Waals surface area contributed by atoms with Gasteiger partial charge in [-0.05, 0) is 37.3 Å². The van der Waals surface area contributed by atoms with Crippen LogP contribution in [-0.4, -0.2) is 22.4 Å². The van der Waals surface area contributed by atoms with Gasteiger partial charge in [0.1, 0.15) is 0 Å². The van der Waals surface area contributed by atoms with Crippen molar-refractivity contribution >= 4 is 0 Å². The highest BCUT2D eigenvalue weighted by atomic mass is 15.2. The van der Waals surface area contributed by atoms with Crippen molar-refractivity contribution in [1.29, 1.82) is 0 Å². The maximum atomic E-state index is 4.19. The molecule has 0 aliphatic heterocycles. The first-order chi connectivity index (χ1) is 7.75. The van der Waals surface area contributed by atoms with E-state index in [1.54, 1.807) is 0 Å². The van der Waals surface area contributed by atoms with E-state index in [1.165, 1.54) is 31.2 Å². The molecule has 0 spiro atoms. The zero-order valence-electron chi connectivity index (χ0n) is 10.4. The summed E-state index contributed by atoms with van der Waals surface area (Å²) in [5, 5.41) is 7.88. The van der Waals surface area contributed by atoms with E-state index < -0.39 is 0 Å². The molecule has 0 radical (unpaired) electrons. The predicted molar refractivity (Wildman–Crippen MR) is 66.3 cm³/mol. The Morgan fingerprint density at radius 1 is 1.44 bits per heavy atom. The van der Waals surface area contributed by atoms with Crippen LogP contribution in [0.1, 0.15) is 38.2 Å². The van der Waals surface area contributed by atoms with Crippen LogP contribution in [0.25, 0.3) is 0 Å². The molecule has 1 N–H and O–H groups in total. The van der Waals surface area contributed by atoms with Crippen LogP contribution in [0.5, 0.6) is 0 Å². The first kappa shape index (κ1) is 11.6. The van der Waals surface area contributed by atoms with Crippen molar-refractivity contribution < 1.29 is 0 Å². The Morgan fingerprint density at radius 2 is 2.25 bits per heavy atom. The van der Waals surface area contributed by atoms with E-state index in [4.69, 9.17) is 0 Å². The molecule has 90 valence electrons. The second-order valence-corrected chi connectivity index (χ2v) is 5.09. The third-order valence-electron chi connectivity index (χ3n) is 3.69. The minimum absolute atomic E-state index is 0.741. The molecule has 0 aromatic carbocycles. The van der Waals surface area contributed by atoms with E-state index in [1.807, 2.05) is 17.9 Å². The average Bonchev–Trinajstić information content (AvgIpc) is 2.67. The lowest BCUT2D eigenvalue weighted by Crippen LogP contribution is -2.38. The summed E-state index contributed by atoms with van der Waals surface area (Å²) in [6.07, 6.45) is 10.7. The molecule has 0 bridgehead atoms. The van der Waals surface area contributed by atoms with Crippen molar-refractivity contribution in [1.82, 2.24) is 15.1 Å². The number of aryl methyl sites for hydroxylation is 1. The fourth-order valence-corrected chi connectivity index (χ4v) is 2.62. The molecule has 1 saturated carbocycles. The number of hydrogen-bond acceptors (Lipinski definition) is 2. The van der Waals surface area contributed by atoms with E-state index in [-0.39, 0.29) is 0 Å². The van der Waals surface area contributed by atoms with E-state index in [9.17, 15) is 0 Å². The summed E-state index contributed by atoms with van der Waals surface area (Å²) >= 11 is 0. The summed E-state index contributed by atoms with van der Waals surface area (Å²) in [5.74, 6) is 0.850. The second-order valence-electron chi connectivity index (χ2n) is 5.09. The Balaban J connectivity index is 1.71. The highest BCUT2D eigenvalue weighted by Gasteiger charge is 2.20. The Bertz CT molecular complexity index is 319. The molecule has 0 amide bonds. The smallest absolute Gasteiger partial charge is 0.0522 e. The summed E-state index contributed by atoms with van der Waals surface area (Å²) in [4.78, 5) is 0. The van der Waals surface area contributed by atoms with Gasteiger partial charge in [-0.1, -0.05) is 19.8 Å². The molecule has 2 atom stereocenters. The minimum atomic E-state index is 0.741. The van der Waals surface area contributed by atoms with Gasteiger partial charge in [0.05, 0.1) is 6.20 Å². The van der Waals surface area contributed by atoms with Crippen molar-refractivity contribution in [3.05, 3.63) is 18.0 Å². The lowest BCUT2D eigenvalue weighted by molar-refractivity contribution is 0.282. The van der Waals surface area contributed by atoms with Crippen LogP contribution in [0.3, 0.4) is 0 Å². The molecule has 1 fully saturated rings. The minimum Gasteiger partial charge on any atom is -0.313 e. The first-order valence-corrected chi connectivity index (χ1v) is 6.46. The Hall–Kier alpha value is -0.830. The molecule has 1 aliphatic rings. The Morgan fingerprint density at radius 3 is 2.94 bits per heavy atom. The van der Waals surface area contributed by atoms with Crippen LogP contribution in [-0.2, 0) is 13.5 Å². The maximum Gasteiger partial charge on any atom is 0.0522 e. The lowest BCUT2D eigenvalue weighted by Gasteiger charge is -2.29. The predicted octanol–water partition coefficient (Wildman–Crippen LogP) is 2.13. The van der Waals surface area contributed by atoms with E-state index >= 15 is 0 Å². The van der Waals surface area contributed by atoms with Crippen LogP contribution in [0, 0.1) is 5.92 Å². The van der Waals surface area contributed by atoms with Crippen molar-refractivity contribution in [2.24, 2.45) is 13.0 Å². The number of hydrogen-bond donors (Lipinski definition) is 1. The zero-order chi connectivity index (χ0) is 11.4. The van der Waals surface area contributed by atoms with Gasteiger partial charge in [-0.15, -0.1) is 0 Å². The molecule has 1 heterocycles. The molecule has 1 aromatic rings. The summed E-state index contributed by atoms with van der Waals surface area (Å²) in [6, 6.07) is 0.741. The SMILES string of the molecule is CC1CCCCC1NCCc1cnn(C)c1. The molecule has 1 aromatic heterocycles. The average molecular weight is 221 g/mol. The van der Waals surface area contributed by atoms with Crippen molar-refractivity contribution in [2.45, 2.75) is 45.1 Å². The summed E-state index contributed by atoms with van der Waals surface area (Å²) < 4.78 is 1.87. The van der Waals surface area contributed by atoms with Crippen LogP contribution in [0.15, 0.2) is 12.4 Å². The molecular weight excluding hydrogens is 198 g/mol. The van der Waals surface area contributed by atoms with E-state index in [0.29, 0.717) is 0 Å². The van der Waals surface area contributed by atoms with Gasteiger partial charge in [0, 0.05) is 19.3 Å². The molecule has 16 heavy (non-hydrogen) atoms. The van der Waals surface area contributed by atoms with Gasteiger partial charge in [0.25, 0.3) is 0 Å². The molecular formula is C13H23N3. The monoisotopic (exact) mass is 221 g/mol. The van der Waals surface area contributed by atoms with Gasteiger partial charge >= 0.3 is 0 Å². The maximum absolute atomic E-state index is 4.19. The van der Waals surface area contributed by atoms with Crippen LogP contribution in [0.2, 0.25) is 0 Å².